The molecule has 6 nitrogen and oxygen atoms in total. The fourth-order valence-electron chi connectivity index (χ4n) is 1.74. The van der Waals surface area contributed by atoms with Gasteiger partial charge in [-0.05, 0) is 25.2 Å². The predicted molar refractivity (Wildman–Crippen MR) is 75.9 cm³/mol. The molecule has 1 aromatic rings. The molecule has 0 amide bonds. The van der Waals surface area contributed by atoms with Crippen molar-refractivity contribution in [3.8, 4) is 0 Å². The van der Waals surface area contributed by atoms with Crippen LogP contribution in [-0.4, -0.2) is 29.7 Å². The first-order valence-electron chi connectivity index (χ1n) is 6.98. The molecule has 1 aliphatic rings. The Bertz CT molecular complexity index is 372. The fraction of sp³-hybridized carbons (Fsp3) is 0.692. The normalized spacial score (nSPS) is 14.4. The topological polar surface area (TPSA) is 85.1 Å². The van der Waals surface area contributed by atoms with Crippen molar-refractivity contribution in [2.75, 3.05) is 30.5 Å². The zero-order valence-electron chi connectivity index (χ0n) is 11.5. The summed E-state index contributed by atoms with van der Waals surface area (Å²) in [5.41, 5.74) is 2.56. The van der Waals surface area contributed by atoms with Crippen molar-refractivity contribution in [2.45, 2.75) is 32.6 Å². The first-order chi connectivity index (χ1) is 9.31. The molecule has 0 bridgehead atoms. The van der Waals surface area contributed by atoms with Gasteiger partial charge >= 0.3 is 0 Å². The molecule has 0 unspecified atom stereocenters. The molecule has 0 atom stereocenters. The Morgan fingerprint density at radius 3 is 2.84 bits per heavy atom. The molecule has 0 aliphatic heterocycles. The largest absolute Gasteiger partial charge is 0.381 e. The van der Waals surface area contributed by atoms with Crippen LogP contribution in [0, 0.1) is 5.92 Å². The molecule has 1 heterocycles. The van der Waals surface area contributed by atoms with Gasteiger partial charge in [0.1, 0.15) is 17.5 Å². The van der Waals surface area contributed by atoms with Gasteiger partial charge in [-0.25, -0.2) is 15.8 Å². The van der Waals surface area contributed by atoms with Crippen LogP contribution in [0.1, 0.15) is 32.0 Å². The number of nitrogens with two attached hydrogens (primary N) is 1. The fourth-order valence-corrected chi connectivity index (χ4v) is 1.74. The third kappa shape index (κ3) is 5.00. The van der Waals surface area contributed by atoms with Gasteiger partial charge in [0.05, 0.1) is 0 Å². The number of hydrogen-bond acceptors (Lipinski definition) is 6. The van der Waals surface area contributed by atoms with Crippen molar-refractivity contribution < 1.29 is 4.74 Å². The van der Waals surface area contributed by atoms with Gasteiger partial charge in [0.15, 0.2) is 0 Å². The quantitative estimate of drug-likeness (QED) is 0.357. The maximum atomic E-state index is 5.58. The van der Waals surface area contributed by atoms with Crippen LogP contribution in [0.2, 0.25) is 0 Å². The van der Waals surface area contributed by atoms with Crippen LogP contribution in [0.15, 0.2) is 6.07 Å². The van der Waals surface area contributed by atoms with Crippen molar-refractivity contribution in [1.82, 2.24) is 9.97 Å². The molecule has 1 fully saturated rings. The molecule has 1 saturated carbocycles. The van der Waals surface area contributed by atoms with Crippen LogP contribution < -0.4 is 16.6 Å². The molecule has 0 saturated heterocycles. The highest BCUT2D eigenvalue weighted by molar-refractivity contribution is 5.46. The van der Waals surface area contributed by atoms with E-state index in [2.05, 4.69) is 20.7 Å². The summed E-state index contributed by atoms with van der Waals surface area (Å²) >= 11 is 0. The van der Waals surface area contributed by atoms with Crippen molar-refractivity contribution in [1.29, 1.82) is 0 Å². The molecule has 1 aliphatic carbocycles. The molecule has 4 N–H and O–H groups in total. The maximum absolute atomic E-state index is 5.58. The van der Waals surface area contributed by atoms with Crippen LogP contribution in [-0.2, 0) is 11.2 Å². The van der Waals surface area contributed by atoms with Gasteiger partial charge in [-0.1, -0.05) is 6.92 Å². The average molecular weight is 265 g/mol. The van der Waals surface area contributed by atoms with Gasteiger partial charge < -0.3 is 15.5 Å². The van der Waals surface area contributed by atoms with Gasteiger partial charge in [0.25, 0.3) is 0 Å². The lowest BCUT2D eigenvalue weighted by Crippen LogP contribution is -2.13. The van der Waals surface area contributed by atoms with E-state index in [1.807, 2.05) is 13.0 Å². The van der Waals surface area contributed by atoms with E-state index in [0.717, 1.165) is 50.2 Å². The van der Waals surface area contributed by atoms with E-state index in [-0.39, 0.29) is 0 Å². The van der Waals surface area contributed by atoms with E-state index in [4.69, 9.17) is 10.6 Å². The molecule has 0 aromatic carbocycles. The summed E-state index contributed by atoms with van der Waals surface area (Å²) < 4.78 is 5.58. The van der Waals surface area contributed by atoms with E-state index in [9.17, 15) is 0 Å². The molecule has 19 heavy (non-hydrogen) atoms. The third-order valence-electron chi connectivity index (χ3n) is 3.06. The summed E-state index contributed by atoms with van der Waals surface area (Å²) in [5, 5.41) is 3.27. The summed E-state index contributed by atoms with van der Waals surface area (Å²) in [5.74, 6) is 8.44. The molecular formula is C13H23N5O. The monoisotopic (exact) mass is 265 g/mol. The molecule has 2 rings (SSSR count). The van der Waals surface area contributed by atoms with Gasteiger partial charge in [-0.2, -0.15) is 0 Å². The number of anilines is 2. The number of rotatable bonds is 9. The summed E-state index contributed by atoms with van der Waals surface area (Å²) in [6.07, 6.45) is 4.44. The second-order valence-corrected chi connectivity index (χ2v) is 4.85. The van der Waals surface area contributed by atoms with Crippen LogP contribution in [0.25, 0.3) is 0 Å². The second-order valence-electron chi connectivity index (χ2n) is 4.85. The lowest BCUT2D eigenvalue weighted by molar-refractivity contribution is 0.124. The number of ether oxygens (including phenoxy) is 1. The first kappa shape index (κ1) is 14.0. The number of aryl methyl sites for hydroxylation is 1. The van der Waals surface area contributed by atoms with Gasteiger partial charge in [0.2, 0.25) is 0 Å². The van der Waals surface area contributed by atoms with Crippen LogP contribution in [0.3, 0.4) is 0 Å². The van der Waals surface area contributed by atoms with E-state index >= 15 is 0 Å². The highest BCUT2D eigenvalue weighted by Gasteiger charge is 2.20. The van der Waals surface area contributed by atoms with E-state index < -0.39 is 0 Å². The molecule has 1 aromatic heterocycles. The predicted octanol–water partition coefficient (Wildman–Crippen LogP) is 1.55. The lowest BCUT2D eigenvalue weighted by atomic mass is 10.4. The van der Waals surface area contributed by atoms with Crippen molar-refractivity contribution in [3.05, 3.63) is 11.9 Å². The Morgan fingerprint density at radius 1 is 1.37 bits per heavy atom. The highest BCUT2D eigenvalue weighted by atomic mass is 16.5. The van der Waals surface area contributed by atoms with Gasteiger partial charge in [-0.3, -0.25) is 0 Å². The standard InChI is InChI=1S/C13H23N5O/c1-2-11-16-12(8-13(17-11)18-14)15-6-3-7-19-9-10-4-5-10/h8,10H,2-7,9,14H2,1H3,(H2,15,16,17,18). The zero-order chi connectivity index (χ0) is 13.5. The molecule has 0 spiro atoms. The number of aromatic nitrogens is 2. The van der Waals surface area contributed by atoms with Crippen LogP contribution in [0.4, 0.5) is 11.6 Å². The zero-order valence-corrected chi connectivity index (χ0v) is 11.5. The van der Waals surface area contributed by atoms with Gasteiger partial charge in [-0.15, -0.1) is 0 Å². The molecular weight excluding hydrogens is 242 g/mol. The Balaban J connectivity index is 1.68. The van der Waals surface area contributed by atoms with E-state index in [0.29, 0.717) is 5.82 Å². The number of nitrogen functional groups attached to an aromatic ring is 1. The summed E-state index contributed by atoms with van der Waals surface area (Å²) in [4.78, 5) is 8.64. The van der Waals surface area contributed by atoms with E-state index in [1.54, 1.807) is 0 Å². The van der Waals surface area contributed by atoms with Crippen molar-refractivity contribution >= 4 is 11.6 Å². The minimum absolute atomic E-state index is 0.638. The van der Waals surface area contributed by atoms with Crippen LogP contribution >= 0.6 is 0 Å². The highest BCUT2D eigenvalue weighted by Crippen LogP contribution is 2.28. The number of nitrogens with one attached hydrogen (secondary N) is 2. The third-order valence-corrected chi connectivity index (χ3v) is 3.06. The number of nitrogens with zero attached hydrogens (tertiary/aromatic N) is 2. The van der Waals surface area contributed by atoms with Gasteiger partial charge in [0, 0.05) is 32.2 Å². The first-order valence-corrected chi connectivity index (χ1v) is 6.98. The minimum Gasteiger partial charge on any atom is -0.381 e. The minimum atomic E-state index is 0.638. The van der Waals surface area contributed by atoms with E-state index in [1.165, 1.54) is 12.8 Å². The Kier molecular flexibility index (Phi) is 5.35. The Morgan fingerprint density at radius 2 is 2.16 bits per heavy atom. The van der Waals surface area contributed by atoms with Crippen molar-refractivity contribution in [3.63, 3.8) is 0 Å². The van der Waals surface area contributed by atoms with Crippen molar-refractivity contribution in [2.24, 2.45) is 11.8 Å². The summed E-state index contributed by atoms with van der Waals surface area (Å²) in [6, 6.07) is 1.81. The average Bonchev–Trinajstić information content (AvgIpc) is 3.26. The smallest absolute Gasteiger partial charge is 0.145 e. The maximum Gasteiger partial charge on any atom is 0.145 e. The lowest BCUT2D eigenvalue weighted by Gasteiger charge is -2.09. The summed E-state index contributed by atoms with van der Waals surface area (Å²) in [6.45, 7) is 4.59. The Labute approximate surface area is 114 Å². The molecule has 0 radical (unpaired) electrons. The SMILES string of the molecule is CCc1nc(NN)cc(NCCCOCC2CC2)n1. The molecule has 106 valence electrons. The number of hydrogen-bond donors (Lipinski definition) is 3. The second kappa shape index (κ2) is 7.25. The summed E-state index contributed by atoms with van der Waals surface area (Å²) in [7, 11) is 0. The Hall–Kier alpha value is -1.40. The van der Waals surface area contributed by atoms with Crippen LogP contribution in [0.5, 0.6) is 0 Å². The molecule has 6 heteroatoms. The number of hydrazine groups is 1.